The molecule has 1 aromatic heterocycles. The van der Waals surface area contributed by atoms with Crippen molar-refractivity contribution < 1.29 is 14.3 Å². The van der Waals surface area contributed by atoms with Gasteiger partial charge in [-0.1, -0.05) is 6.07 Å². The quantitative estimate of drug-likeness (QED) is 0.788. The molecule has 84 valence electrons. The van der Waals surface area contributed by atoms with Gasteiger partial charge in [-0.15, -0.1) is 0 Å². The Morgan fingerprint density at radius 1 is 1.31 bits per heavy atom. The Bertz CT molecular complexity index is 542. The SMILES string of the molecule is COC(=O)c1c(C)[nH]c2cccc(OC)c12. The summed E-state index contributed by atoms with van der Waals surface area (Å²) in [5.41, 5.74) is 2.19. The van der Waals surface area contributed by atoms with Crippen molar-refractivity contribution in [3.05, 3.63) is 29.5 Å². The molecule has 1 N–H and O–H groups in total. The van der Waals surface area contributed by atoms with Crippen LogP contribution in [0.4, 0.5) is 0 Å². The summed E-state index contributed by atoms with van der Waals surface area (Å²) in [5, 5.41) is 0.773. The Hall–Kier alpha value is -1.97. The molecule has 0 spiro atoms. The summed E-state index contributed by atoms with van der Waals surface area (Å²) in [6.07, 6.45) is 0. The first-order chi connectivity index (χ1) is 7.69. The summed E-state index contributed by atoms with van der Waals surface area (Å²) in [6, 6.07) is 5.59. The molecular formula is C12H13NO3. The smallest absolute Gasteiger partial charge is 0.340 e. The molecule has 0 bridgehead atoms. The lowest BCUT2D eigenvalue weighted by atomic mass is 10.1. The summed E-state index contributed by atoms with van der Waals surface area (Å²) in [6.45, 7) is 1.84. The zero-order valence-corrected chi connectivity index (χ0v) is 9.46. The molecule has 16 heavy (non-hydrogen) atoms. The standard InChI is InChI=1S/C12H13NO3/c1-7-10(12(14)16-3)11-8(13-7)5-4-6-9(11)15-2/h4-6,13H,1-3H3. The van der Waals surface area contributed by atoms with Crippen LogP contribution in [0.25, 0.3) is 10.9 Å². The summed E-state index contributed by atoms with van der Waals surface area (Å²) >= 11 is 0. The van der Waals surface area contributed by atoms with E-state index in [0.29, 0.717) is 11.3 Å². The number of aromatic amines is 1. The zero-order valence-electron chi connectivity index (χ0n) is 9.46. The van der Waals surface area contributed by atoms with Gasteiger partial charge in [0.1, 0.15) is 5.75 Å². The molecule has 0 saturated carbocycles. The van der Waals surface area contributed by atoms with Crippen LogP contribution in [-0.4, -0.2) is 25.2 Å². The molecule has 0 aliphatic carbocycles. The molecule has 2 rings (SSSR count). The largest absolute Gasteiger partial charge is 0.496 e. The van der Waals surface area contributed by atoms with E-state index in [9.17, 15) is 4.79 Å². The predicted octanol–water partition coefficient (Wildman–Crippen LogP) is 2.27. The number of nitrogens with one attached hydrogen (secondary N) is 1. The Kier molecular flexibility index (Phi) is 2.56. The van der Waals surface area contributed by atoms with Gasteiger partial charge in [-0.05, 0) is 19.1 Å². The van der Waals surface area contributed by atoms with Gasteiger partial charge < -0.3 is 14.5 Å². The number of fused-ring (bicyclic) bond motifs is 1. The maximum Gasteiger partial charge on any atom is 0.340 e. The third-order valence-corrected chi connectivity index (χ3v) is 2.58. The van der Waals surface area contributed by atoms with Gasteiger partial charge in [0.25, 0.3) is 0 Å². The van der Waals surface area contributed by atoms with Gasteiger partial charge in [-0.2, -0.15) is 0 Å². The molecular weight excluding hydrogens is 206 g/mol. The van der Waals surface area contributed by atoms with E-state index in [1.807, 2.05) is 25.1 Å². The van der Waals surface area contributed by atoms with Crippen molar-refractivity contribution in [3.63, 3.8) is 0 Å². The van der Waals surface area contributed by atoms with E-state index in [1.54, 1.807) is 7.11 Å². The lowest BCUT2D eigenvalue weighted by Gasteiger charge is -2.03. The molecule has 4 nitrogen and oxygen atoms in total. The van der Waals surface area contributed by atoms with Gasteiger partial charge in [0, 0.05) is 5.69 Å². The summed E-state index contributed by atoms with van der Waals surface area (Å²) < 4.78 is 10.0. The van der Waals surface area contributed by atoms with Crippen LogP contribution in [0.15, 0.2) is 18.2 Å². The molecule has 1 aromatic carbocycles. The van der Waals surface area contributed by atoms with Crippen LogP contribution in [0.3, 0.4) is 0 Å². The lowest BCUT2D eigenvalue weighted by molar-refractivity contribution is 0.0602. The maximum atomic E-state index is 11.7. The van der Waals surface area contributed by atoms with Gasteiger partial charge in [0.15, 0.2) is 0 Å². The van der Waals surface area contributed by atoms with E-state index in [-0.39, 0.29) is 5.97 Å². The first-order valence-electron chi connectivity index (χ1n) is 4.92. The Morgan fingerprint density at radius 3 is 2.69 bits per heavy atom. The predicted molar refractivity (Wildman–Crippen MR) is 60.9 cm³/mol. The first kappa shape index (κ1) is 10.5. The van der Waals surface area contributed by atoms with E-state index in [4.69, 9.17) is 9.47 Å². The number of esters is 1. The number of hydrogen-bond donors (Lipinski definition) is 1. The van der Waals surface area contributed by atoms with Crippen LogP contribution >= 0.6 is 0 Å². The van der Waals surface area contributed by atoms with Crippen LogP contribution in [0.1, 0.15) is 16.1 Å². The van der Waals surface area contributed by atoms with Crippen LogP contribution in [0.2, 0.25) is 0 Å². The molecule has 0 radical (unpaired) electrons. The summed E-state index contributed by atoms with van der Waals surface area (Å²) in [7, 11) is 2.95. The highest BCUT2D eigenvalue weighted by Crippen LogP contribution is 2.31. The fourth-order valence-electron chi connectivity index (χ4n) is 1.87. The Balaban J connectivity index is 2.80. The first-order valence-corrected chi connectivity index (χ1v) is 4.92. The summed E-state index contributed by atoms with van der Waals surface area (Å²) in [4.78, 5) is 14.8. The average molecular weight is 219 g/mol. The molecule has 1 heterocycles. The van der Waals surface area contributed by atoms with E-state index in [0.717, 1.165) is 16.6 Å². The van der Waals surface area contributed by atoms with Crippen molar-refractivity contribution >= 4 is 16.9 Å². The molecule has 0 unspecified atom stereocenters. The molecule has 0 saturated heterocycles. The number of rotatable bonds is 2. The molecule has 0 atom stereocenters. The number of aromatic nitrogens is 1. The van der Waals surface area contributed by atoms with E-state index < -0.39 is 0 Å². The highest BCUT2D eigenvalue weighted by atomic mass is 16.5. The second-order valence-electron chi connectivity index (χ2n) is 3.50. The minimum Gasteiger partial charge on any atom is -0.496 e. The highest BCUT2D eigenvalue weighted by molar-refractivity contribution is 6.08. The Morgan fingerprint density at radius 2 is 2.06 bits per heavy atom. The molecule has 0 amide bonds. The number of carbonyl (C=O) groups is 1. The number of aryl methyl sites for hydroxylation is 1. The molecule has 2 aromatic rings. The minimum absolute atomic E-state index is 0.353. The van der Waals surface area contributed by atoms with Crippen molar-refractivity contribution in [2.75, 3.05) is 14.2 Å². The van der Waals surface area contributed by atoms with Crippen molar-refractivity contribution in [1.82, 2.24) is 4.98 Å². The van der Waals surface area contributed by atoms with E-state index in [1.165, 1.54) is 7.11 Å². The fourth-order valence-corrected chi connectivity index (χ4v) is 1.87. The van der Waals surface area contributed by atoms with Gasteiger partial charge >= 0.3 is 5.97 Å². The number of ether oxygens (including phenoxy) is 2. The summed E-state index contributed by atoms with van der Waals surface area (Å²) in [5.74, 6) is 0.315. The van der Waals surface area contributed by atoms with Crippen LogP contribution in [0.5, 0.6) is 5.75 Å². The van der Waals surface area contributed by atoms with Crippen molar-refractivity contribution in [3.8, 4) is 5.75 Å². The lowest BCUT2D eigenvalue weighted by Crippen LogP contribution is -2.02. The molecule has 0 aliphatic heterocycles. The van der Waals surface area contributed by atoms with Crippen molar-refractivity contribution in [1.29, 1.82) is 0 Å². The van der Waals surface area contributed by atoms with Crippen molar-refractivity contribution in [2.45, 2.75) is 6.92 Å². The van der Waals surface area contributed by atoms with Crippen LogP contribution in [0, 0.1) is 6.92 Å². The number of benzene rings is 1. The zero-order chi connectivity index (χ0) is 11.7. The van der Waals surface area contributed by atoms with Crippen LogP contribution < -0.4 is 4.74 Å². The minimum atomic E-state index is -0.353. The fraction of sp³-hybridized carbons (Fsp3) is 0.250. The van der Waals surface area contributed by atoms with Gasteiger partial charge in [0.05, 0.1) is 30.7 Å². The second-order valence-corrected chi connectivity index (χ2v) is 3.50. The van der Waals surface area contributed by atoms with Gasteiger partial charge in [-0.25, -0.2) is 4.79 Å². The van der Waals surface area contributed by atoms with Gasteiger partial charge in [0.2, 0.25) is 0 Å². The third-order valence-electron chi connectivity index (χ3n) is 2.58. The molecule has 0 aliphatic rings. The number of hydrogen-bond acceptors (Lipinski definition) is 3. The topological polar surface area (TPSA) is 51.3 Å². The normalized spacial score (nSPS) is 10.4. The second kappa shape index (κ2) is 3.89. The van der Waals surface area contributed by atoms with Crippen LogP contribution in [-0.2, 0) is 4.74 Å². The van der Waals surface area contributed by atoms with E-state index >= 15 is 0 Å². The average Bonchev–Trinajstić information content (AvgIpc) is 2.63. The van der Waals surface area contributed by atoms with Gasteiger partial charge in [-0.3, -0.25) is 0 Å². The number of carbonyl (C=O) groups excluding carboxylic acids is 1. The Labute approximate surface area is 93.2 Å². The monoisotopic (exact) mass is 219 g/mol. The van der Waals surface area contributed by atoms with Crippen molar-refractivity contribution in [2.24, 2.45) is 0 Å². The molecule has 0 fully saturated rings. The third kappa shape index (κ3) is 1.43. The van der Waals surface area contributed by atoms with E-state index in [2.05, 4.69) is 4.98 Å². The molecule has 4 heteroatoms. The number of H-pyrrole nitrogens is 1. The maximum absolute atomic E-state index is 11.7. The highest BCUT2D eigenvalue weighted by Gasteiger charge is 2.19. The number of methoxy groups -OCH3 is 2.